The van der Waals surface area contributed by atoms with Crippen LogP contribution in [-0.2, 0) is 0 Å². The number of aromatic nitrogens is 1. The molecule has 0 saturated heterocycles. The maximum atomic E-state index is 12.1. The van der Waals surface area contributed by atoms with Gasteiger partial charge in [0, 0.05) is 21.9 Å². The molecule has 0 radical (unpaired) electrons. The Labute approximate surface area is 113 Å². The highest BCUT2D eigenvalue weighted by Gasteiger charge is 2.09. The second-order valence-corrected chi connectivity index (χ2v) is 4.83. The zero-order valence-electron chi connectivity index (χ0n) is 9.77. The number of nitrogens with one attached hydrogen (secondary N) is 1. The van der Waals surface area contributed by atoms with Crippen LogP contribution in [0.5, 0.6) is 0 Å². The molecule has 1 heterocycles. The van der Waals surface area contributed by atoms with Crippen molar-refractivity contribution in [3.63, 3.8) is 0 Å². The van der Waals surface area contributed by atoms with E-state index in [-0.39, 0.29) is 5.91 Å². The molecule has 3 N–H and O–H groups in total. The van der Waals surface area contributed by atoms with Gasteiger partial charge in [0.05, 0.1) is 11.9 Å². The van der Waals surface area contributed by atoms with Crippen molar-refractivity contribution in [2.24, 2.45) is 0 Å². The lowest BCUT2D eigenvalue weighted by Crippen LogP contribution is -2.13. The number of nitrogens with zero attached hydrogens (tertiary/aromatic N) is 1. The van der Waals surface area contributed by atoms with Gasteiger partial charge in [-0.2, -0.15) is 0 Å². The topological polar surface area (TPSA) is 68.0 Å². The average Bonchev–Trinajstić information content (AvgIpc) is 2.31. The predicted molar refractivity (Wildman–Crippen MR) is 75.5 cm³/mol. The molecule has 92 valence electrons. The summed E-state index contributed by atoms with van der Waals surface area (Å²) < 4.78 is 0.774. The molecule has 4 nitrogen and oxygen atoms in total. The van der Waals surface area contributed by atoms with E-state index in [9.17, 15) is 4.79 Å². The number of aryl methyl sites for hydroxylation is 1. The summed E-state index contributed by atoms with van der Waals surface area (Å²) in [5.74, 6) is -0.209. The fourth-order valence-corrected chi connectivity index (χ4v) is 2.04. The Morgan fingerprint density at radius 1 is 1.39 bits per heavy atom. The van der Waals surface area contributed by atoms with Gasteiger partial charge in [0.15, 0.2) is 0 Å². The molecule has 0 saturated carbocycles. The summed E-state index contributed by atoms with van der Waals surface area (Å²) >= 11 is 3.31. The minimum absolute atomic E-state index is 0.209. The number of carbonyl (C=O) groups excluding carboxylic acids is 1. The average molecular weight is 306 g/mol. The van der Waals surface area contributed by atoms with Crippen LogP contribution in [0.25, 0.3) is 0 Å². The number of hydrogen-bond acceptors (Lipinski definition) is 3. The van der Waals surface area contributed by atoms with Crippen molar-refractivity contribution in [3.8, 4) is 0 Å². The minimum atomic E-state index is -0.209. The first-order valence-corrected chi connectivity index (χ1v) is 6.13. The van der Waals surface area contributed by atoms with Gasteiger partial charge in [0.2, 0.25) is 0 Å². The number of benzene rings is 1. The molecule has 0 spiro atoms. The zero-order chi connectivity index (χ0) is 13.1. The first kappa shape index (κ1) is 12.6. The second kappa shape index (κ2) is 5.18. The fraction of sp³-hybridized carbons (Fsp3) is 0.0769. The molecule has 2 rings (SSSR count). The summed E-state index contributed by atoms with van der Waals surface area (Å²) in [5, 5.41) is 2.80. The summed E-state index contributed by atoms with van der Waals surface area (Å²) in [5.41, 5.74) is 8.40. The number of rotatable bonds is 2. The number of halogens is 1. The van der Waals surface area contributed by atoms with Gasteiger partial charge in [-0.1, -0.05) is 15.9 Å². The Morgan fingerprint density at radius 3 is 2.83 bits per heavy atom. The number of carbonyl (C=O) groups is 1. The highest BCUT2D eigenvalue weighted by atomic mass is 79.9. The molecule has 0 aliphatic heterocycles. The third-order valence-corrected chi connectivity index (χ3v) is 2.93. The van der Waals surface area contributed by atoms with Crippen LogP contribution in [0.2, 0.25) is 0 Å². The molecule has 2 aromatic rings. The Balaban J connectivity index is 2.25. The standard InChI is InChI=1S/C13H12BrN3O/c1-8-2-3-16-7-12(8)17-13(18)9-4-10(14)6-11(15)5-9/h2-7H,15H2,1H3,(H,17,18). The number of pyridine rings is 1. The van der Waals surface area contributed by atoms with E-state index in [2.05, 4.69) is 26.2 Å². The van der Waals surface area contributed by atoms with E-state index >= 15 is 0 Å². The molecule has 18 heavy (non-hydrogen) atoms. The number of amides is 1. The quantitative estimate of drug-likeness (QED) is 0.838. The summed E-state index contributed by atoms with van der Waals surface area (Å²) in [6, 6.07) is 6.93. The van der Waals surface area contributed by atoms with Crippen LogP contribution in [-0.4, -0.2) is 10.9 Å². The fourth-order valence-electron chi connectivity index (χ4n) is 1.53. The third-order valence-electron chi connectivity index (χ3n) is 2.47. The van der Waals surface area contributed by atoms with Crippen molar-refractivity contribution in [1.29, 1.82) is 0 Å². The number of nitrogen functional groups attached to an aromatic ring is 1. The lowest BCUT2D eigenvalue weighted by atomic mass is 10.2. The molecule has 5 heteroatoms. The zero-order valence-corrected chi connectivity index (χ0v) is 11.4. The van der Waals surface area contributed by atoms with E-state index in [1.165, 1.54) is 0 Å². The van der Waals surface area contributed by atoms with Gasteiger partial charge in [-0.15, -0.1) is 0 Å². The van der Waals surface area contributed by atoms with E-state index in [0.29, 0.717) is 16.9 Å². The predicted octanol–water partition coefficient (Wildman–Crippen LogP) is 2.99. The van der Waals surface area contributed by atoms with Gasteiger partial charge in [-0.25, -0.2) is 0 Å². The van der Waals surface area contributed by atoms with E-state index in [4.69, 9.17) is 5.73 Å². The van der Waals surface area contributed by atoms with Crippen molar-refractivity contribution < 1.29 is 4.79 Å². The van der Waals surface area contributed by atoms with Crippen LogP contribution in [0.1, 0.15) is 15.9 Å². The van der Waals surface area contributed by atoms with Crippen LogP contribution in [0.15, 0.2) is 41.1 Å². The van der Waals surface area contributed by atoms with Crippen molar-refractivity contribution in [1.82, 2.24) is 4.98 Å². The maximum Gasteiger partial charge on any atom is 0.255 e. The van der Waals surface area contributed by atoms with Crippen LogP contribution in [0.4, 0.5) is 11.4 Å². The van der Waals surface area contributed by atoms with Crippen LogP contribution in [0.3, 0.4) is 0 Å². The monoisotopic (exact) mass is 305 g/mol. The molecule has 0 fully saturated rings. The second-order valence-electron chi connectivity index (χ2n) is 3.92. The van der Waals surface area contributed by atoms with Crippen LogP contribution < -0.4 is 11.1 Å². The normalized spacial score (nSPS) is 10.1. The van der Waals surface area contributed by atoms with Crippen LogP contribution >= 0.6 is 15.9 Å². The molecule has 1 aromatic carbocycles. The van der Waals surface area contributed by atoms with Crippen molar-refractivity contribution in [3.05, 3.63) is 52.3 Å². The van der Waals surface area contributed by atoms with E-state index < -0.39 is 0 Å². The van der Waals surface area contributed by atoms with Crippen molar-refractivity contribution in [2.75, 3.05) is 11.1 Å². The molecule has 0 aliphatic rings. The van der Waals surface area contributed by atoms with Gasteiger partial charge in [0.1, 0.15) is 0 Å². The van der Waals surface area contributed by atoms with Gasteiger partial charge in [0.25, 0.3) is 5.91 Å². The Hall–Kier alpha value is -1.88. The molecule has 0 aliphatic carbocycles. The van der Waals surface area contributed by atoms with Crippen molar-refractivity contribution in [2.45, 2.75) is 6.92 Å². The molecule has 1 aromatic heterocycles. The Morgan fingerprint density at radius 2 is 2.17 bits per heavy atom. The summed E-state index contributed by atoms with van der Waals surface area (Å²) in [6.07, 6.45) is 3.30. The third kappa shape index (κ3) is 2.87. The SMILES string of the molecule is Cc1ccncc1NC(=O)c1cc(N)cc(Br)c1. The van der Waals surface area contributed by atoms with E-state index in [1.54, 1.807) is 30.6 Å². The first-order chi connectivity index (χ1) is 8.56. The van der Waals surface area contributed by atoms with Gasteiger partial charge < -0.3 is 11.1 Å². The molecular weight excluding hydrogens is 294 g/mol. The molecule has 1 amide bonds. The van der Waals surface area contributed by atoms with Gasteiger partial charge in [-0.3, -0.25) is 9.78 Å². The Kier molecular flexibility index (Phi) is 3.62. The highest BCUT2D eigenvalue weighted by Crippen LogP contribution is 2.19. The summed E-state index contributed by atoms with van der Waals surface area (Å²) in [7, 11) is 0. The number of anilines is 2. The summed E-state index contributed by atoms with van der Waals surface area (Å²) in [4.78, 5) is 16.0. The molecule has 0 atom stereocenters. The molecule has 0 unspecified atom stereocenters. The lowest BCUT2D eigenvalue weighted by molar-refractivity contribution is 0.102. The molecular formula is C13H12BrN3O. The largest absolute Gasteiger partial charge is 0.399 e. The van der Waals surface area contributed by atoms with Gasteiger partial charge in [-0.05, 0) is 36.8 Å². The number of hydrogen-bond donors (Lipinski definition) is 2. The number of nitrogens with two attached hydrogens (primary N) is 1. The minimum Gasteiger partial charge on any atom is -0.399 e. The van der Waals surface area contributed by atoms with Crippen molar-refractivity contribution >= 4 is 33.2 Å². The Bertz CT molecular complexity index is 578. The van der Waals surface area contributed by atoms with Gasteiger partial charge >= 0.3 is 0 Å². The lowest BCUT2D eigenvalue weighted by Gasteiger charge is -2.08. The highest BCUT2D eigenvalue weighted by molar-refractivity contribution is 9.10. The maximum absolute atomic E-state index is 12.1. The smallest absolute Gasteiger partial charge is 0.255 e. The summed E-state index contributed by atoms with van der Waals surface area (Å²) in [6.45, 7) is 1.91. The van der Waals surface area contributed by atoms with E-state index in [0.717, 1.165) is 10.0 Å². The molecule has 0 bridgehead atoms. The first-order valence-electron chi connectivity index (χ1n) is 5.34. The van der Waals surface area contributed by atoms with Crippen LogP contribution in [0, 0.1) is 6.92 Å². The van der Waals surface area contributed by atoms with E-state index in [1.807, 2.05) is 13.0 Å².